The van der Waals surface area contributed by atoms with E-state index in [4.69, 9.17) is 44.3 Å². The van der Waals surface area contributed by atoms with Crippen LogP contribution < -0.4 is 19.5 Å². The Balaban J connectivity index is 1.64. The van der Waals surface area contributed by atoms with Crippen LogP contribution in [0.3, 0.4) is 0 Å². The van der Waals surface area contributed by atoms with Gasteiger partial charge in [0.25, 0.3) is 15.9 Å². The van der Waals surface area contributed by atoms with E-state index in [0.717, 1.165) is 0 Å². The van der Waals surface area contributed by atoms with Crippen molar-refractivity contribution in [3.8, 4) is 17.2 Å². The molecule has 0 saturated carbocycles. The number of carbonyl (C=O) groups excluding carboxylic acids is 1. The molecule has 0 bridgehead atoms. The quantitative estimate of drug-likeness (QED) is 0.226. The van der Waals surface area contributed by atoms with Crippen LogP contribution in [0.25, 0.3) is 0 Å². The normalized spacial score (nSPS) is 11.0. The highest BCUT2D eigenvalue weighted by atomic mass is 35.5. The predicted octanol–water partition coefficient (Wildman–Crippen LogP) is 7.50. The van der Waals surface area contributed by atoms with Crippen LogP contribution in [0.1, 0.15) is 10.4 Å². The molecule has 0 fully saturated rings. The van der Waals surface area contributed by atoms with Crippen LogP contribution in [0.4, 0.5) is 11.4 Å². The van der Waals surface area contributed by atoms with Gasteiger partial charge >= 0.3 is 0 Å². The van der Waals surface area contributed by atoms with Gasteiger partial charge in [0.2, 0.25) is 0 Å². The Morgan fingerprint density at radius 3 is 2.16 bits per heavy atom. The summed E-state index contributed by atoms with van der Waals surface area (Å²) in [7, 11) is -2.75. The lowest BCUT2D eigenvalue weighted by atomic mass is 10.2. The van der Waals surface area contributed by atoms with Gasteiger partial charge in [0.05, 0.1) is 34.0 Å². The zero-order valence-corrected chi connectivity index (χ0v) is 22.3. The average Bonchev–Trinajstić information content (AvgIpc) is 2.86. The summed E-state index contributed by atoms with van der Waals surface area (Å²) >= 11 is 18.2. The standard InChI is InChI=1S/C26H19Cl3N2O5S/c1-35-24-12-9-19(15-22(24)30-26(32)20-10-7-16(27)13-21(20)29)37(33,34)31-23-14-17(28)8-11-25(23)36-18-5-3-2-4-6-18/h2-15,31H,1H3,(H,30,32). The van der Waals surface area contributed by atoms with Gasteiger partial charge in [-0.15, -0.1) is 0 Å². The number of hydrogen-bond donors (Lipinski definition) is 2. The van der Waals surface area contributed by atoms with E-state index in [0.29, 0.717) is 15.8 Å². The van der Waals surface area contributed by atoms with Crippen molar-refractivity contribution < 1.29 is 22.7 Å². The molecule has 0 spiro atoms. The minimum absolute atomic E-state index is 0.119. The minimum Gasteiger partial charge on any atom is -0.495 e. The van der Waals surface area contributed by atoms with Gasteiger partial charge in [0.1, 0.15) is 11.5 Å². The Bertz CT molecular complexity index is 1560. The summed E-state index contributed by atoms with van der Waals surface area (Å²) in [6.45, 7) is 0. The highest BCUT2D eigenvalue weighted by Crippen LogP contribution is 2.35. The number of methoxy groups -OCH3 is 1. The van der Waals surface area contributed by atoms with Crippen molar-refractivity contribution in [1.82, 2.24) is 0 Å². The van der Waals surface area contributed by atoms with Crippen molar-refractivity contribution in [3.05, 3.63) is 106 Å². The Labute approximate surface area is 228 Å². The lowest BCUT2D eigenvalue weighted by Crippen LogP contribution is -2.16. The third-order valence-electron chi connectivity index (χ3n) is 5.06. The lowest BCUT2D eigenvalue weighted by Gasteiger charge is -2.16. The van der Waals surface area contributed by atoms with Crippen LogP contribution in [0, 0.1) is 0 Å². The van der Waals surface area contributed by atoms with Crippen LogP contribution >= 0.6 is 34.8 Å². The molecule has 0 radical (unpaired) electrons. The summed E-state index contributed by atoms with van der Waals surface area (Å²) in [5.74, 6) is 0.434. The fraction of sp³-hybridized carbons (Fsp3) is 0.0385. The van der Waals surface area contributed by atoms with Crippen molar-refractivity contribution in [2.45, 2.75) is 4.90 Å². The molecular formula is C26H19Cl3N2O5S. The second-order valence-electron chi connectivity index (χ2n) is 7.60. The maximum absolute atomic E-state index is 13.3. The van der Waals surface area contributed by atoms with Gasteiger partial charge in [0, 0.05) is 10.0 Å². The minimum atomic E-state index is -4.15. The lowest BCUT2D eigenvalue weighted by molar-refractivity contribution is 0.102. The first-order valence-corrected chi connectivity index (χ1v) is 13.3. The fourth-order valence-corrected chi connectivity index (χ4v) is 5.06. The van der Waals surface area contributed by atoms with E-state index in [1.165, 1.54) is 49.6 Å². The first kappa shape index (κ1) is 26.6. The zero-order valence-electron chi connectivity index (χ0n) is 19.2. The summed E-state index contributed by atoms with van der Waals surface area (Å²) in [4.78, 5) is 12.7. The number of para-hydroxylation sites is 1. The molecule has 0 unspecified atom stereocenters. The summed E-state index contributed by atoms with van der Waals surface area (Å²) in [6.07, 6.45) is 0. The molecule has 0 aromatic heterocycles. The molecule has 0 aliphatic heterocycles. The molecule has 4 rings (SSSR count). The highest BCUT2D eigenvalue weighted by Gasteiger charge is 2.21. The third kappa shape index (κ3) is 6.47. The summed E-state index contributed by atoms with van der Waals surface area (Å²) in [6, 6.07) is 21.9. The van der Waals surface area contributed by atoms with E-state index in [1.54, 1.807) is 36.4 Å². The number of anilines is 2. The molecular weight excluding hydrogens is 559 g/mol. The van der Waals surface area contributed by atoms with E-state index in [-0.39, 0.29) is 38.4 Å². The molecule has 4 aromatic carbocycles. The Hall–Kier alpha value is -3.43. The molecule has 2 N–H and O–H groups in total. The van der Waals surface area contributed by atoms with E-state index >= 15 is 0 Å². The molecule has 190 valence electrons. The van der Waals surface area contributed by atoms with Gasteiger partial charge in [-0.3, -0.25) is 9.52 Å². The number of carbonyl (C=O) groups is 1. The summed E-state index contributed by atoms with van der Waals surface area (Å²) in [5.41, 5.74) is 0.403. The van der Waals surface area contributed by atoms with Gasteiger partial charge in [-0.25, -0.2) is 8.42 Å². The third-order valence-corrected chi connectivity index (χ3v) is 7.21. The van der Waals surface area contributed by atoms with E-state index in [9.17, 15) is 13.2 Å². The molecule has 0 aliphatic carbocycles. The smallest absolute Gasteiger partial charge is 0.262 e. The number of ether oxygens (including phenoxy) is 2. The molecule has 0 aliphatic rings. The molecule has 1 amide bonds. The molecule has 11 heteroatoms. The molecule has 4 aromatic rings. The molecule has 0 saturated heterocycles. The first-order chi connectivity index (χ1) is 17.7. The topological polar surface area (TPSA) is 93.7 Å². The van der Waals surface area contributed by atoms with Crippen molar-refractivity contribution >= 4 is 62.1 Å². The van der Waals surface area contributed by atoms with Gasteiger partial charge < -0.3 is 14.8 Å². The SMILES string of the molecule is COc1ccc(S(=O)(=O)Nc2cc(Cl)ccc2Oc2ccccc2)cc1NC(=O)c1ccc(Cl)cc1Cl. The van der Waals surface area contributed by atoms with Crippen molar-refractivity contribution in [2.75, 3.05) is 17.1 Å². The number of benzene rings is 4. The largest absolute Gasteiger partial charge is 0.495 e. The number of rotatable bonds is 8. The molecule has 0 atom stereocenters. The van der Waals surface area contributed by atoms with Crippen LogP contribution in [-0.2, 0) is 10.0 Å². The van der Waals surface area contributed by atoms with Gasteiger partial charge in [-0.1, -0.05) is 53.0 Å². The van der Waals surface area contributed by atoms with Crippen LogP contribution in [0.2, 0.25) is 15.1 Å². The van der Waals surface area contributed by atoms with E-state index in [2.05, 4.69) is 10.0 Å². The summed E-state index contributed by atoms with van der Waals surface area (Å²) < 4.78 is 40.3. The van der Waals surface area contributed by atoms with Crippen LogP contribution in [0.15, 0.2) is 89.8 Å². The number of sulfonamides is 1. The Kier molecular flexibility index (Phi) is 8.14. The maximum Gasteiger partial charge on any atom is 0.262 e. The van der Waals surface area contributed by atoms with Crippen molar-refractivity contribution in [2.24, 2.45) is 0 Å². The number of amides is 1. The van der Waals surface area contributed by atoms with Gasteiger partial charge in [-0.2, -0.15) is 0 Å². The molecule has 37 heavy (non-hydrogen) atoms. The maximum atomic E-state index is 13.3. The van der Waals surface area contributed by atoms with Crippen LogP contribution in [0.5, 0.6) is 17.2 Å². The van der Waals surface area contributed by atoms with Crippen LogP contribution in [-0.4, -0.2) is 21.4 Å². The average molecular weight is 578 g/mol. The van der Waals surface area contributed by atoms with Crippen molar-refractivity contribution in [3.63, 3.8) is 0 Å². The first-order valence-electron chi connectivity index (χ1n) is 10.7. The van der Waals surface area contributed by atoms with Crippen molar-refractivity contribution in [1.29, 1.82) is 0 Å². The summed E-state index contributed by atoms with van der Waals surface area (Å²) in [5, 5.41) is 3.45. The second-order valence-corrected chi connectivity index (χ2v) is 10.6. The van der Waals surface area contributed by atoms with Gasteiger partial charge in [0.15, 0.2) is 5.75 Å². The monoisotopic (exact) mass is 576 g/mol. The highest BCUT2D eigenvalue weighted by molar-refractivity contribution is 7.92. The fourth-order valence-electron chi connectivity index (χ4n) is 3.31. The van der Waals surface area contributed by atoms with E-state index in [1.807, 2.05) is 6.07 Å². The molecule has 7 nitrogen and oxygen atoms in total. The number of halogens is 3. The number of hydrogen-bond acceptors (Lipinski definition) is 5. The van der Waals surface area contributed by atoms with Gasteiger partial charge in [-0.05, 0) is 66.7 Å². The predicted molar refractivity (Wildman–Crippen MR) is 146 cm³/mol. The Morgan fingerprint density at radius 2 is 1.46 bits per heavy atom. The number of nitrogens with one attached hydrogen (secondary N) is 2. The Morgan fingerprint density at radius 1 is 0.784 bits per heavy atom. The second kappa shape index (κ2) is 11.3. The molecule has 0 heterocycles. The zero-order chi connectivity index (χ0) is 26.6. The van der Waals surface area contributed by atoms with E-state index < -0.39 is 15.9 Å².